The van der Waals surface area contributed by atoms with Gasteiger partial charge >= 0.3 is 0 Å². The molecule has 2 rings (SSSR count). The first-order chi connectivity index (χ1) is 8.15. The van der Waals surface area contributed by atoms with Crippen molar-refractivity contribution in [1.82, 2.24) is 0 Å². The van der Waals surface area contributed by atoms with Gasteiger partial charge in [0, 0.05) is 12.1 Å². The van der Waals surface area contributed by atoms with Crippen molar-refractivity contribution in [3.63, 3.8) is 0 Å². The summed E-state index contributed by atoms with van der Waals surface area (Å²) in [7, 11) is 0. The third-order valence-electron chi connectivity index (χ3n) is 2.82. The van der Waals surface area contributed by atoms with Crippen LogP contribution in [0.1, 0.15) is 18.4 Å². The predicted molar refractivity (Wildman–Crippen MR) is 61.3 cm³/mol. The minimum atomic E-state index is -0.568. The standard InChI is InChI=1S/C13H15F2NO/c14-11-4-9(5-12(15)7-11)6-13(16)10-2-1-3-17-8-10/h4-5,7-8,13H,1-3,6,16H2. The van der Waals surface area contributed by atoms with Gasteiger partial charge in [0.15, 0.2) is 0 Å². The molecular formula is C13H15F2NO. The average Bonchev–Trinajstić information content (AvgIpc) is 2.28. The molecule has 17 heavy (non-hydrogen) atoms. The van der Waals surface area contributed by atoms with Gasteiger partial charge in [-0.25, -0.2) is 8.78 Å². The Hall–Kier alpha value is -1.42. The molecular weight excluding hydrogens is 224 g/mol. The molecule has 4 heteroatoms. The summed E-state index contributed by atoms with van der Waals surface area (Å²) in [6.07, 6.45) is 3.92. The molecule has 2 N–H and O–H groups in total. The second-order valence-electron chi connectivity index (χ2n) is 4.26. The van der Waals surface area contributed by atoms with Crippen LogP contribution in [0.5, 0.6) is 0 Å². The van der Waals surface area contributed by atoms with Crippen LogP contribution in [-0.2, 0) is 11.2 Å². The Morgan fingerprint density at radius 3 is 2.53 bits per heavy atom. The van der Waals surface area contributed by atoms with Crippen LogP contribution in [0.15, 0.2) is 30.0 Å². The Labute approximate surface area is 99.1 Å². The Morgan fingerprint density at radius 2 is 1.94 bits per heavy atom. The quantitative estimate of drug-likeness (QED) is 0.879. The number of nitrogens with two attached hydrogens (primary N) is 1. The minimum Gasteiger partial charge on any atom is -0.501 e. The molecule has 0 fully saturated rings. The fourth-order valence-electron chi connectivity index (χ4n) is 1.97. The van der Waals surface area contributed by atoms with E-state index < -0.39 is 11.6 Å². The molecule has 0 spiro atoms. The first-order valence-corrected chi connectivity index (χ1v) is 5.66. The largest absolute Gasteiger partial charge is 0.501 e. The lowest BCUT2D eigenvalue weighted by molar-refractivity contribution is 0.221. The number of rotatable bonds is 3. The Balaban J connectivity index is 2.06. The molecule has 1 aliphatic heterocycles. The van der Waals surface area contributed by atoms with Crippen LogP contribution in [0.4, 0.5) is 8.78 Å². The van der Waals surface area contributed by atoms with Crippen LogP contribution < -0.4 is 5.73 Å². The zero-order valence-corrected chi connectivity index (χ0v) is 9.46. The first-order valence-electron chi connectivity index (χ1n) is 5.66. The highest BCUT2D eigenvalue weighted by Crippen LogP contribution is 2.18. The van der Waals surface area contributed by atoms with Crippen LogP contribution in [0.3, 0.4) is 0 Å². The zero-order valence-electron chi connectivity index (χ0n) is 9.46. The molecule has 0 amide bonds. The summed E-state index contributed by atoms with van der Waals surface area (Å²) in [5.74, 6) is -1.14. The van der Waals surface area contributed by atoms with E-state index >= 15 is 0 Å². The maximum Gasteiger partial charge on any atom is 0.126 e. The van der Waals surface area contributed by atoms with E-state index in [0.29, 0.717) is 18.6 Å². The summed E-state index contributed by atoms with van der Waals surface area (Å²) in [5, 5.41) is 0. The summed E-state index contributed by atoms with van der Waals surface area (Å²) in [5.41, 5.74) is 7.56. The SMILES string of the molecule is NC(Cc1cc(F)cc(F)c1)C1=COCCC1. The second-order valence-corrected chi connectivity index (χ2v) is 4.26. The van der Waals surface area contributed by atoms with Crippen molar-refractivity contribution in [2.45, 2.75) is 25.3 Å². The van der Waals surface area contributed by atoms with Gasteiger partial charge in [0.05, 0.1) is 12.9 Å². The van der Waals surface area contributed by atoms with Crippen molar-refractivity contribution in [3.05, 3.63) is 47.2 Å². The summed E-state index contributed by atoms with van der Waals surface area (Å²) in [6.45, 7) is 0.713. The Bertz CT molecular complexity index is 411. The van der Waals surface area contributed by atoms with E-state index in [2.05, 4.69) is 0 Å². The highest BCUT2D eigenvalue weighted by Gasteiger charge is 2.14. The van der Waals surface area contributed by atoms with E-state index in [0.717, 1.165) is 24.5 Å². The summed E-state index contributed by atoms with van der Waals surface area (Å²) >= 11 is 0. The molecule has 0 radical (unpaired) electrons. The highest BCUT2D eigenvalue weighted by molar-refractivity contribution is 5.22. The molecule has 0 saturated carbocycles. The highest BCUT2D eigenvalue weighted by atomic mass is 19.1. The van der Waals surface area contributed by atoms with Crippen molar-refractivity contribution in [2.24, 2.45) is 5.73 Å². The van der Waals surface area contributed by atoms with E-state index in [1.807, 2.05) is 0 Å². The van der Waals surface area contributed by atoms with E-state index in [-0.39, 0.29) is 6.04 Å². The van der Waals surface area contributed by atoms with E-state index in [9.17, 15) is 8.78 Å². The molecule has 1 atom stereocenters. The van der Waals surface area contributed by atoms with Crippen molar-refractivity contribution >= 4 is 0 Å². The second kappa shape index (κ2) is 5.27. The van der Waals surface area contributed by atoms with E-state index in [1.165, 1.54) is 12.1 Å². The van der Waals surface area contributed by atoms with Gasteiger partial charge in [0.1, 0.15) is 11.6 Å². The van der Waals surface area contributed by atoms with Crippen LogP contribution >= 0.6 is 0 Å². The molecule has 1 heterocycles. The third kappa shape index (κ3) is 3.27. The maximum absolute atomic E-state index is 13.0. The monoisotopic (exact) mass is 239 g/mol. The van der Waals surface area contributed by atoms with Gasteiger partial charge in [-0.2, -0.15) is 0 Å². The smallest absolute Gasteiger partial charge is 0.126 e. The van der Waals surface area contributed by atoms with Gasteiger partial charge in [0.25, 0.3) is 0 Å². The van der Waals surface area contributed by atoms with E-state index in [1.54, 1.807) is 6.26 Å². The van der Waals surface area contributed by atoms with Crippen LogP contribution in [0, 0.1) is 11.6 Å². The number of hydrogen-bond donors (Lipinski definition) is 1. The number of hydrogen-bond acceptors (Lipinski definition) is 2. The van der Waals surface area contributed by atoms with Crippen LogP contribution in [-0.4, -0.2) is 12.6 Å². The zero-order chi connectivity index (χ0) is 12.3. The molecule has 0 saturated heterocycles. The minimum absolute atomic E-state index is 0.239. The fourth-order valence-corrected chi connectivity index (χ4v) is 1.97. The predicted octanol–water partition coefficient (Wildman–Crippen LogP) is 2.53. The molecule has 0 bridgehead atoms. The maximum atomic E-state index is 13.0. The molecule has 0 aromatic heterocycles. The molecule has 1 aliphatic rings. The normalized spacial score (nSPS) is 17.2. The first kappa shape index (κ1) is 12.0. The third-order valence-corrected chi connectivity index (χ3v) is 2.82. The van der Waals surface area contributed by atoms with Gasteiger partial charge in [0.2, 0.25) is 0 Å². The number of ether oxygens (including phenoxy) is 1. The van der Waals surface area contributed by atoms with Gasteiger partial charge < -0.3 is 10.5 Å². The lowest BCUT2D eigenvalue weighted by atomic mass is 9.96. The molecule has 2 nitrogen and oxygen atoms in total. The number of benzene rings is 1. The summed E-state index contributed by atoms with van der Waals surface area (Å²) in [6, 6.07) is 3.25. The van der Waals surface area contributed by atoms with E-state index in [4.69, 9.17) is 10.5 Å². The summed E-state index contributed by atoms with van der Waals surface area (Å²) in [4.78, 5) is 0. The van der Waals surface area contributed by atoms with Gasteiger partial charge in [-0.3, -0.25) is 0 Å². The topological polar surface area (TPSA) is 35.2 Å². The van der Waals surface area contributed by atoms with Crippen molar-refractivity contribution in [3.8, 4) is 0 Å². The lowest BCUT2D eigenvalue weighted by Gasteiger charge is -2.19. The molecule has 0 aliphatic carbocycles. The van der Waals surface area contributed by atoms with Gasteiger partial charge in [-0.15, -0.1) is 0 Å². The van der Waals surface area contributed by atoms with Crippen molar-refractivity contribution in [1.29, 1.82) is 0 Å². The molecule has 92 valence electrons. The van der Waals surface area contributed by atoms with Gasteiger partial charge in [-0.1, -0.05) is 0 Å². The van der Waals surface area contributed by atoms with Gasteiger partial charge in [-0.05, 0) is 42.5 Å². The van der Waals surface area contributed by atoms with Crippen molar-refractivity contribution < 1.29 is 13.5 Å². The fraction of sp³-hybridized carbons (Fsp3) is 0.385. The lowest BCUT2D eigenvalue weighted by Crippen LogP contribution is -2.27. The Kier molecular flexibility index (Phi) is 3.74. The van der Waals surface area contributed by atoms with Crippen LogP contribution in [0.25, 0.3) is 0 Å². The summed E-state index contributed by atoms with van der Waals surface area (Å²) < 4.78 is 31.2. The van der Waals surface area contributed by atoms with Crippen molar-refractivity contribution in [2.75, 3.05) is 6.61 Å². The number of halogens is 2. The Morgan fingerprint density at radius 1 is 1.24 bits per heavy atom. The molecule has 1 aromatic rings. The van der Waals surface area contributed by atoms with Crippen LogP contribution in [0.2, 0.25) is 0 Å². The molecule has 1 unspecified atom stereocenters. The molecule has 1 aromatic carbocycles. The average molecular weight is 239 g/mol.